The number of hydrogen-bond donors (Lipinski definition) is 0. The normalized spacial score (nSPS) is 11.0. The van der Waals surface area contributed by atoms with E-state index >= 15 is 0 Å². The van der Waals surface area contributed by atoms with E-state index in [1.165, 1.54) is 35.0 Å². The molecule has 0 spiro atoms. The Labute approximate surface area is 118 Å². The van der Waals surface area contributed by atoms with Crippen molar-refractivity contribution in [2.75, 3.05) is 0 Å². The number of rotatable bonds is 3. The van der Waals surface area contributed by atoms with Gasteiger partial charge in [-0.05, 0) is 30.3 Å². The first kappa shape index (κ1) is 13.4. The molecular formula is C16H10F3NO. The van der Waals surface area contributed by atoms with Crippen molar-refractivity contribution in [3.8, 4) is 0 Å². The highest BCUT2D eigenvalue weighted by Gasteiger charge is 2.18. The number of carbonyl (C=O) groups is 1. The van der Waals surface area contributed by atoms with Crippen LogP contribution in [0.2, 0.25) is 0 Å². The van der Waals surface area contributed by atoms with E-state index in [0.29, 0.717) is 10.9 Å². The van der Waals surface area contributed by atoms with Crippen molar-refractivity contribution < 1.29 is 18.0 Å². The molecule has 0 amide bonds. The quantitative estimate of drug-likeness (QED) is 0.669. The minimum Gasteiger partial charge on any atom is -0.340 e. The summed E-state index contributed by atoms with van der Waals surface area (Å²) < 4.78 is 42.2. The number of ketones is 1. The lowest BCUT2D eigenvalue weighted by Gasteiger charge is -2.07. The Morgan fingerprint density at radius 1 is 0.905 bits per heavy atom. The lowest BCUT2D eigenvalue weighted by atomic mass is 10.1. The summed E-state index contributed by atoms with van der Waals surface area (Å²) in [4.78, 5) is 12.1. The fourth-order valence-electron chi connectivity index (χ4n) is 2.32. The zero-order valence-electron chi connectivity index (χ0n) is 10.8. The highest BCUT2D eigenvalue weighted by Crippen LogP contribution is 2.20. The lowest BCUT2D eigenvalue weighted by molar-refractivity contribution is 0.0965. The number of benzene rings is 2. The van der Waals surface area contributed by atoms with E-state index in [4.69, 9.17) is 0 Å². The van der Waals surface area contributed by atoms with Crippen LogP contribution < -0.4 is 0 Å². The number of fused-ring (bicyclic) bond motifs is 1. The van der Waals surface area contributed by atoms with Crippen molar-refractivity contribution in [1.29, 1.82) is 0 Å². The van der Waals surface area contributed by atoms with Gasteiger partial charge in [0.15, 0.2) is 5.78 Å². The molecule has 0 radical (unpaired) electrons. The Kier molecular flexibility index (Phi) is 3.25. The molecule has 0 saturated carbocycles. The van der Waals surface area contributed by atoms with Crippen molar-refractivity contribution in [2.24, 2.45) is 0 Å². The summed E-state index contributed by atoms with van der Waals surface area (Å²) >= 11 is 0. The van der Waals surface area contributed by atoms with Gasteiger partial charge in [0.25, 0.3) is 0 Å². The second kappa shape index (κ2) is 5.09. The van der Waals surface area contributed by atoms with E-state index in [2.05, 4.69) is 0 Å². The van der Waals surface area contributed by atoms with Gasteiger partial charge in [0, 0.05) is 11.6 Å². The molecule has 106 valence electrons. The number of nitrogens with zero attached hydrogens (tertiary/aromatic N) is 1. The molecule has 0 fully saturated rings. The number of hydrogen-bond acceptors (Lipinski definition) is 1. The van der Waals surface area contributed by atoms with Gasteiger partial charge in [-0.2, -0.15) is 0 Å². The van der Waals surface area contributed by atoms with E-state index < -0.39 is 28.8 Å². The smallest absolute Gasteiger partial charge is 0.188 e. The zero-order chi connectivity index (χ0) is 15.0. The van der Waals surface area contributed by atoms with Crippen LogP contribution in [0.5, 0.6) is 0 Å². The van der Waals surface area contributed by atoms with Gasteiger partial charge in [0.1, 0.15) is 17.5 Å². The minimum atomic E-state index is -0.900. The molecule has 3 aromatic rings. The van der Waals surface area contributed by atoms with Crippen LogP contribution in [-0.4, -0.2) is 10.4 Å². The van der Waals surface area contributed by atoms with Gasteiger partial charge in [-0.1, -0.05) is 12.1 Å². The van der Waals surface area contributed by atoms with Crippen molar-refractivity contribution in [1.82, 2.24) is 4.57 Å². The van der Waals surface area contributed by atoms with Crippen LogP contribution in [-0.2, 0) is 6.54 Å². The first-order valence-corrected chi connectivity index (χ1v) is 6.28. The Balaban J connectivity index is 1.99. The summed E-state index contributed by atoms with van der Waals surface area (Å²) in [7, 11) is 0. The second-order valence-electron chi connectivity index (χ2n) is 4.64. The molecule has 2 aromatic carbocycles. The van der Waals surface area contributed by atoms with Crippen molar-refractivity contribution >= 4 is 16.7 Å². The van der Waals surface area contributed by atoms with E-state index in [-0.39, 0.29) is 6.54 Å². The molecule has 1 aromatic heterocycles. The van der Waals surface area contributed by atoms with Crippen LogP contribution in [0.1, 0.15) is 10.4 Å². The predicted octanol–water partition coefficient (Wildman–Crippen LogP) is 3.94. The highest BCUT2D eigenvalue weighted by atomic mass is 19.1. The molecule has 5 heteroatoms. The first-order valence-electron chi connectivity index (χ1n) is 6.28. The van der Waals surface area contributed by atoms with Gasteiger partial charge in [-0.3, -0.25) is 4.79 Å². The summed E-state index contributed by atoms with van der Waals surface area (Å²) in [5, 5.41) is 0.360. The van der Waals surface area contributed by atoms with Crippen LogP contribution >= 0.6 is 0 Å². The molecule has 0 aliphatic rings. The van der Waals surface area contributed by atoms with Crippen LogP contribution in [0.15, 0.2) is 48.7 Å². The molecule has 1 heterocycles. The monoisotopic (exact) mass is 289 g/mol. The first-order chi connectivity index (χ1) is 10.1. The van der Waals surface area contributed by atoms with Crippen molar-refractivity contribution in [2.45, 2.75) is 6.54 Å². The third-order valence-electron chi connectivity index (χ3n) is 3.32. The minimum absolute atomic E-state index is 0.259. The maximum atomic E-state index is 13.6. The summed E-state index contributed by atoms with van der Waals surface area (Å²) in [6, 6.07) is 9.25. The molecule has 0 saturated heterocycles. The van der Waals surface area contributed by atoms with E-state index in [1.54, 1.807) is 6.07 Å². The molecule has 0 atom stereocenters. The number of aromatic nitrogens is 1. The molecule has 2 nitrogen and oxygen atoms in total. The van der Waals surface area contributed by atoms with E-state index in [1.807, 2.05) is 0 Å². The number of carbonyl (C=O) groups excluding carboxylic acids is 1. The van der Waals surface area contributed by atoms with Gasteiger partial charge >= 0.3 is 0 Å². The molecule has 0 aliphatic heterocycles. The number of halogens is 3. The third-order valence-corrected chi connectivity index (χ3v) is 3.32. The molecule has 21 heavy (non-hydrogen) atoms. The predicted molar refractivity (Wildman–Crippen MR) is 72.6 cm³/mol. The highest BCUT2D eigenvalue weighted by molar-refractivity contribution is 5.97. The summed E-state index contributed by atoms with van der Waals surface area (Å²) in [6.07, 6.45) is 1.52. The maximum absolute atomic E-state index is 13.6. The summed E-state index contributed by atoms with van der Waals surface area (Å²) in [5.41, 5.74) is -0.0733. The van der Waals surface area contributed by atoms with Crippen molar-refractivity contribution in [3.63, 3.8) is 0 Å². The fourth-order valence-corrected chi connectivity index (χ4v) is 2.32. The van der Waals surface area contributed by atoms with E-state index in [9.17, 15) is 18.0 Å². The lowest BCUT2D eigenvalue weighted by Crippen LogP contribution is -2.13. The van der Waals surface area contributed by atoms with Gasteiger partial charge in [-0.15, -0.1) is 0 Å². The topological polar surface area (TPSA) is 22.0 Å². The van der Waals surface area contributed by atoms with Gasteiger partial charge in [0.2, 0.25) is 0 Å². The van der Waals surface area contributed by atoms with Crippen molar-refractivity contribution in [3.05, 3.63) is 71.7 Å². The molecule has 0 aliphatic carbocycles. The SMILES string of the molecule is O=C(Cn1ccc2c(F)cccc21)c1c(F)cccc1F. The second-order valence-corrected chi connectivity index (χ2v) is 4.64. The Bertz CT molecular complexity index is 818. The van der Waals surface area contributed by atoms with E-state index in [0.717, 1.165) is 12.1 Å². The van der Waals surface area contributed by atoms with Crippen LogP contribution in [0.25, 0.3) is 10.9 Å². The molecule has 0 N–H and O–H groups in total. The molecular weight excluding hydrogens is 279 g/mol. The summed E-state index contributed by atoms with van der Waals surface area (Å²) in [6.45, 7) is -0.259. The summed E-state index contributed by atoms with van der Waals surface area (Å²) in [5.74, 6) is -2.91. The number of Topliss-reactive ketones (excluding diaryl/α,β-unsaturated/α-hetero) is 1. The van der Waals surface area contributed by atoms with Gasteiger partial charge in [-0.25, -0.2) is 13.2 Å². The van der Waals surface area contributed by atoms with Gasteiger partial charge in [0.05, 0.1) is 17.6 Å². The standard InChI is InChI=1S/C16H10F3NO/c17-11-3-2-6-14-10(11)7-8-20(14)9-15(21)16-12(18)4-1-5-13(16)19/h1-8H,9H2. The average molecular weight is 289 g/mol. The van der Waals surface area contributed by atoms with Crippen LogP contribution in [0.3, 0.4) is 0 Å². The fraction of sp³-hybridized carbons (Fsp3) is 0.0625. The molecule has 0 bridgehead atoms. The zero-order valence-corrected chi connectivity index (χ0v) is 10.8. The van der Waals surface area contributed by atoms with Crippen LogP contribution in [0, 0.1) is 17.5 Å². The molecule has 0 unspecified atom stereocenters. The largest absolute Gasteiger partial charge is 0.340 e. The maximum Gasteiger partial charge on any atom is 0.188 e. The Hall–Kier alpha value is -2.56. The average Bonchev–Trinajstić information content (AvgIpc) is 2.83. The Morgan fingerprint density at radius 2 is 1.52 bits per heavy atom. The van der Waals surface area contributed by atoms with Gasteiger partial charge < -0.3 is 4.57 Å². The third kappa shape index (κ3) is 2.31. The Morgan fingerprint density at radius 3 is 2.24 bits per heavy atom. The van der Waals surface area contributed by atoms with Crippen LogP contribution in [0.4, 0.5) is 13.2 Å². The molecule has 3 rings (SSSR count).